The number of aromatic nitrogens is 2. The number of benzene rings is 1. The van der Waals surface area contributed by atoms with Crippen LogP contribution in [0.4, 0.5) is 0 Å². The summed E-state index contributed by atoms with van der Waals surface area (Å²) in [5.41, 5.74) is 3.75. The lowest BCUT2D eigenvalue weighted by Gasteiger charge is -2.11. The van der Waals surface area contributed by atoms with Crippen LogP contribution in [0.15, 0.2) is 30.3 Å². The Morgan fingerprint density at radius 2 is 1.92 bits per heavy atom. The Hall–Kier alpha value is -2.14. The van der Waals surface area contributed by atoms with E-state index in [1.54, 1.807) is 0 Å². The second-order valence-electron chi connectivity index (χ2n) is 7.21. The van der Waals surface area contributed by atoms with Crippen LogP contribution >= 0.6 is 0 Å². The summed E-state index contributed by atoms with van der Waals surface area (Å²) in [5.74, 6) is 0.433. The lowest BCUT2D eigenvalue weighted by Crippen LogP contribution is -2.32. The fourth-order valence-electron chi connectivity index (χ4n) is 2.83. The van der Waals surface area contributed by atoms with E-state index in [1.807, 2.05) is 43.9 Å². The number of hydrogen-bond acceptors (Lipinski definition) is 3. The van der Waals surface area contributed by atoms with Crippen molar-refractivity contribution in [2.24, 2.45) is 5.92 Å². The summed E-state index contributed by atoms with van der Waals surface area (Å²) in [6.07, 6.45) is 0.805. The first kappa shape index (κ1) is 19.2. The molecule has 5 heteroatoms. The molecule has 1 amide bonds. The predicted molar refractivity (Wildman–Crippen MR) is 102 cm³/mol. The van der Waals surface area contributed by atoms with Crippen molar-refractivity contribution in [3.63, 3.8) is 0 Å². The van der Waals surface area contributed by atoms with Crippen molar-refractivity contribution in [1.82, 2.24) is 20.0 Å². The predicted octanol–water partition coefficient (Wildman–Crippen LogP) is 2.73. The van der Waals surface area contributed by atoms with Gasteiger partial charge in [0.1, 0.15) is 0 Å². The van der Waals surface area contributed by atoms with E-state index in [4.69, 9.17) is 5.10 Å². The molecule has 1 N–H and O–H groups in total. The molecule has 136 valence electrons. The highest BCUT2D eigenvalue weighted by Crippen LogP contribution is 2.18. The minimum Gasteiger partial charge on any atom is -0.351 e. The van der Waals surface area contributed by atoms with Crippen LogP contribution in [0.25, 0.3) is 0 Å². The van der Waals surface area contributed by atoms with E-state index in [-0.39, 0.29) is 5.91 Å². The number of rotatable bonds is 8. The van der Waals surface area contributed by atoms with Crippen LogP contribution in [-0.4, -0.2) is 47.8 Å². The average molecular weight is 342 g/mol. The van der Waals surface area contributed by atoms with Gasteiger partial charge in [0.25, 0.3) is 5.91 Å². The van der Waals surface area contributed by atoms with Gasteiger partial charge in [-0.2, -0.15) is 5.10 Å². The van der Waals surface area contributed by atoms with E-state index in [0.29, 0.717) is 19.0 Å². The monoisotopic (exact) mass is 342 g/mol. The van der Waals surface area contributed by atoms with Crippen molar-refractivity contribution < 1.29 is 4.79 Å². The molecule has 0 saturated carbocycles. The fraction of sp³-hybridized carbons (Fsp3) is 0.500. The van der Waals surface area contributed by atoms with Crippen LogP contribution in [0.2, 0.25) is 0 Å². The Labute approximate surface area is 151 Å². The number of nitrogens with zero attached hydrogens (tertiary/aromatic N) is 3. The summed E-state index contributed by atoms with van der Waals surface area (Å²) >= 11 is 0. The minimum absolute atomic E-state index is 0.0192. The lowest BCUT2D eigenvalue weighted by atomic mass is 10.0. The van der Waals surface area contributed by atoms with Crippen molar-refractivity contribution in [2.45, 2.75) is 33.7 Å². The van der Waals surface area contributed by atoms with Crippen LogP contribution in [0.1, 0.15) is 41.2 Å². The maximum atomic E-state index is 12.7. The van der Waals surface area contributed by atoms with Gasteiger partial charge in [-0.1, -0.05) is 44.2 Å². The molecule has 0 unspecified atom stereocenters. The van der Waals surface area contributed by atoms with Crippen molar-refractivity contribution in [3.8, 4) is 0 Å². The zero-order valence-corrected chi connectivity index (χ0v) is 16.0. The van der Waals surface area contributed by atoms with Gasteiger partial charge in [0, 0.05) is 18.8 Å². The molecule has 0 spiro atoms. The van der Waals surface area contributed by atoms with Crippen molar-refractivity contribution in [3.05, 3.63) is 52.8 Å². The topological polar surface area (TPSA) is 50.2 Å². The quantitative estimate of drug-likeness (QED) is 0.802. The molecule has 1 aromatic carbocycles. The maximum absolute atomic E-state index is 12.7. The SMILES string of the molecule is Cc1c(C(=O)NCCN(C)C)c(CC(C)C)nn1Cc1ccccc1. The van der Waals surface area contributed by atoms with Gasteiger partial charge in [0.2, 0.25) is 0 Å². The molecule has 25 heavy (non-hydrogen) atoms. The van der Waals surface area contributed by atoms with E-state index in [9.17, 15) is 4.79 Å². The van der Waals surface area contributed by atoms with Gasteiger partial charge < -0.3 is 10.2 Å². The van der Waals surface area contributed by atoms with Crippen LogP contribution < -0.4 is 5.32 Å². The molecule has 2 rings (SSSR count). The number of amides is 1. The third kappa shape index (κ3) is 5.43. The van der Waals surface area contributed by atoms with Crippen molar-refractivity contribution in [2.75, 3.05) is 27.2 Å². The third-order valence-corrected chi connectivity index (χ3v) is 4.13. The first-order chi connectivity index (χ1) is 11.9. The Kier molecular flexibility index (Phi) is 6.76. The normalized spacial score (nSPS) is 11.3. The Balaban J connectivity index is 2.24. The zero-order chi connectivity index (χ0) is 18.4. The van der Waals surface area contributed by atoms with Gasteiger partial charge in [0.05, 0.1) is 17.8 Å². The van der Waals surface area contributed by atoms with Gasteiger partial charge in [-0.3, -0.25) is 9.48 Å². The molecule has 2 aromatic rings. The van der Waals surface area contributed by atoms with Gasteiger partial charge in [-0.15, -0.1) is 0 Å². The summed E-state index contributed by atoms with van der Waals surface area (Å²) in [6, 6.07) is 10.2. The Morgan fingerprint density at radius 1 is 1.24 bits per heavy atom. The number of carbonyl (C=O) groups excluding carboxylic acids is 1. The molecular weight excluding hydrogens is 312 g/mol. The summed E-state index contributed by atoms with van der Waals surface area (Å²) < 4.78 is 1.95. The van der Waals surface area contributed by atoms with Crippen LogP contribution in [-0.2, 0) is 13.0 Å². The Morgan fingerprint density at radius 3 is 2.52 bits per heavy atom. The van der Waals surface area contributed by atoms with E-state index in [1.165, 1.54) is 5.56 Å². The second-order valence-corrected chi connectivity index (χ2v) is 7.21. The number of likely N-dealkylation sites (N-methyl/N-ethyl adjacent to an activating group) is 1. The fourth-order valence-corrected chi connectivity index (χ4v) is 2.83. The highest BCUT2D eigenvalue weighted by molar-refractivity contribution is 5.96. The van der Waals surface area contributed by atoms with Gasteiger partial charge in [-0.25, -0.2) is 0 Å². The highest BCUT2D eigenvalue weighted by atomic mass is 16.1. The molecule has 1 aromatic heterocycles. The molecular formula is C20H30N4O. The molecule has 0 aliphatic carbocycles. The number of carbonyl (C=O) groups is 1. The van der Waals surface area contributed by atoms with Crippen molar-refractivity contribution >= 4 is 5.91 Å². The molecule has 0 bridgehead atoms. The Bertz CT molecular complexity index is 689. The minimum atomic E-state index is -0.0192. The molecule has 0 radical (unpaired) electrons. The molecule has 0 atom stereocenters. The van der Waals surface area contributed by atoms with Gasteiger partial charge in [-0.05, 0) is 38.9 Å². The second kappa shape index (κ2) is 8.81. The third-order valence-electron chi connectivity index (χ3n) is 4.13. The first-order valence-electron chi connectivity index (χ1n) is 8.91. The average Bonchev–Trinajstić information content (AvgIpc) is 2.82. The van der Waals surface area contributed by atoms with Crippen LogP contribution in [0.5, 0.6) is 0 Å². The standard InChI is InChI=1S/C20H30N4O/c1-15(2)13-18-19(20(25)21-11-12-23(4)5)16(3)24(22-18)14-17-9-7-6-8-10-17/h6-10,15H,11-14H2,1-5H3,(H,21,25). The largest absolute Gasteiger partial charge is 0.351 e. The van der Waals surface area contributed by atoms with E-state index in [2.05, 4.69) is 36.2 Å². The molecule has 0 fully saturated rings. The summed E-state index contributed by atoms with van der Waals surface area (Å²) in [7, 11) is 4.00. The van der Waals surface area contributed by atoms with E-state index < -0.39 is 0 Å². The molecule has 1 heterocycles. The molecule has 5 nitrogen and oxygen atoms in total. The number of nitrogens with one attached hydrogen (secondary N) is 1. The maximum Gasteiger partial charge on any atom is 0.255 e. The van der Waals surface area contributed by atoms with Gasteiger partial charge >= 0.3 is 0 Å². The van der Waals surface area contributed by atoms with E-state index in [0.717, 1.165) is 29.9 Å². The van der Waals surface area contributed by atoms with Gasteiger partial charge in [0.15, 0.2) is 0 Å². The van der Waals surface area contributed by atoms with E-state index >= 15 is 0 Å². The summed E-state index contributed by atoms with van der Waals surface area (Å²) in [6.45, 7) is 8.43. The zero-order valence-electron chi connectivity index (χ0n) is 16.0. The first-order valence-corrected chi connectivity index (χ1v) is 8.91. The molecule has 0 aliphatic rings. The molecule has 0 saturated heterocycles. The summed E-state index contributed by atoms with van der Waals surface area (Å²) in [4.78, 5) is 14.8. The lowest BCUT2D eigenvalue weighted by molar-refractivity contribution is 0.0949. The molecule has 0 aliphatic heterocycles. The smallest absolute Gasteiger partial charge is 0.255 e. The summed E-state index contributed by atoms with van der Waals surface area (Å²) in [5, 5.41) is 7.78. The van der Waals surface area contributed by atoms with Crippen LogP contribution in [0.3, 0.4) is 0 Å². The highest BCUT2D eigenvalue weighted by Gasteiger charge is 2.21. The number of hydrogen-bond donors (Lipinski definition) is 1. The van der Waals surface area contributed by atoms with Crippen molar-refractivity contribution in [1.29, 1.82) is 0 Å². The van der Waals surface area contributed by atoms with Crippen LogP contribution in [0, 0.1) is 12.8 Å².